The molecule has 7 heteroatoms. The first-order valence-corrected chi connectivity index (χ1v) is 9.89. The van der Waals surface area contributed by atoms with Crippen LogP contribution in [0.2, 0.25) is 0 Å². The van der Waals surface area contributed by atoms with Gasteiger partial charge in [-0.2, -0.15) is 4.98 Å². The van der Waals surface area contributed by atoms with E-state index < -0.39 is 0 Å². The molecule has 2 heterocycles. The fourth-order valence-corrected chi connectivity index (χ4v) is 3.64. The van der Waals surface area contributed by atoms with Crippen LogP contribution in [0.25, 0.3) is 10.9 Å². The highest BCUT2D eigenvalue weighted by Crippen LogP contribution is 2.24. The predicted octanol–water partition coefficient (Wildman–Crippen LogP) is 4.24. The average molecular weight is 372 g/mol. The Morgan fingerprint density at radius 3 is 2.65 bits per heavy atom. The van der Waals surface area contributed by atoms with Crippen LogP contribution in [-0.2, 0) is 12.2 Å². The van der Waals surface area contributed by atoms with Gasteiger partial charge in [-0.05, 0) is 38.3 Å². The molecule has 0 fully saturated rings. The largest absolute Gasteiger partial charge is 0.338 e. The van der Waals surface area contributed by atoms with E-state index in [-0.39, 0.29) is 11.6 Å². The van der Waals surface area contributed by atoms with E-state index >= 15 is 0 Å². The second kappa shape index (κ2) is 8.03. The van der Waals surface area contributed by atoms with Crippen LogP contribution in [0.1, 0.15) is 51.9 Å². The lowest BCUT2D eigenvalue weighted by molar-refractivity contribution is 0.383. The Morgan fingerprint density at radius 2 is 1.92 bits per heavy atom. The zero-order valence-electron chi connectivity index (χ0n) is 15.6. The molecule has 0 N–H and O–H groups in total. The lowest BCUT2D eigenvalue weighted by atomic mass is 10.1. The number of nitrogens with zero attached hydrogens (tertiary/aromatic N) is 4. The van der Waals surface area contributed by atoms with Crippen molar-refractivity contribution in [3.05, 3.63) is 46.3 Å². The molecule has 0 aliphatic rings. The van der Waals surface area contributed by atoms with Gasteiger partial charge < -0.3 is 4.52 Å². The molecule has 0 bridgehead atoms. The van der Waals surface area contributed by atoms with E-state index in [1.165, 1.54) is 11.8 Å². The van der Waals surface area contributed by atoms with Crippen LogP contribution in [0.5, 0.6) is 0 Å². The van der Waals surface area contributed by atoms with Gasteiger partial charge in [0.15, 0.2) is 11.0 Å². The molecule has 0 saturated heterocycles. The van der Waals surface area contributed by atoms with Crippen LogP contribution in [0.15, 0.2) is 38.7 Å². The first kappa shape index (κ1) is 18.6. The molecule has 0 aliphatic carbocycles. The zero-order valence-corrected chi connectivity index (χ0v) is 16.4. The van der Waals surface area contributed by atoms with Crippen molar-refractivity contribution in [2.45, 2.75) is 57.5 Å². The van der Waals surface area contributed by atoms with Crippen molar-refractivity contribution in [1.82, 2.24) is 19.7 Å². The SMILES string of the molecule is CC(C)CCc1noc(CSc2nc3ccccc3c(=O)n2C(C)C)n1. The number of fused-ring (bicyclic) bond motifs is 1. The monoisotopic (exact) mass is 372 g/mol. The van der Waals surface area contributed by atoms with Crippen LogP contribution in [0, 0.1) is 5.92 Å². The topological polar surface area (TPSA) is 73.8 Å². The van der Waals surface area contributed by atoms with E-state index in [0.29, 0.717) is 33.6 Å². The number of hydrogen-bond donors (Lipinski definition) is 0. The molecule has 6 nitrogen and oxygen atoms in total. The van der Waals surface area contributed by atoms with E-state index in [1.807, 2.05) is 38.1 Å². The number of rotatable bonds is 7. The number of benzene rings is 1. The first-order chi connectivity index (χ1) is 12.5. The first-order valence-electron chi connectivity index (χ1n) is 8.91. The Kier molecular flexibility index (Phi) is 5.76. The van der Waals surface area contributed by atoms with Crippen molar-refractivity contribution in [2.75, 3.05) is 0 Å². The third-order valence-electron chi connectivity index (χ3n) is 4.07. The zero-order chi connectivity index (χ0) is 18.7. The number of thioether (sulfide) groups is 1. The van der Waals surface area contributed by atoms with Crippen molar-refractivity contribution in [3.63, 3.8) is 0 Å². The molecule has 3 aromatic rings. The van der Waals surface area contributed by atoms with Gasteiger partial charge in [0.1, 0.15) is 0 Å². The molecular weight excluding hydrogens is 348 g/mol. The van der Waals surface area contributed by atoms with E-state index in [0.717, 1.165) is 18.7 Å². The van der Waals surface area contributed by atoms with Gasteiger partial charge in [-0.15, -0.1) is 0 Å². The summed E-state index contributed by atoms with van der Waals surface area (Å²) in [5.41, 5.74) is 0.691. The highest BCUT2D eigenvalue weighted by Gasteiger charge is 2.15. The molecule has 138 valence electrons. The van der Waals surface area contributed by atoms with Crippen molar-refractivity contribution in [2.24, 2.45) is 5.92 Å². The summed E-state index contributed by atoms with van der Waals surface area (Å²) in [5.74, 6) is 2.40. The lowest BCUT2D eigenvalue weighted by Gasteiger charge is -2.15. The maximum Gasteiger partial charge on any atom is 0.262 e. The maximum atomic E-state index is 12.8. The summed E-state index contributed by atoms with van der Waals surface area (Å²) in [6.45, 7) is 8.32. The third kappa shape index (κ3) is 4.15. The Bertz CT molecular complexity index is 946. The van der Waals surface area contributed by atoms with Gasteiger partial charge >= 0.3 is 0 Å². The van der Waals surface area contributed by atoms with Crippen LogP contribution < -0.4 is 5.56 Å². The van der Waals surface area contributed by atoms with Crippen LogP contribution in [0.4, 0.5) is 0 Å². The van der Waals surface area contributed by atoms with E-state index in [9.17, 15) is 4.79 Å². The molecule has 0 spiro atoms. The van der Waals surface area contributed by atoms with Crippen molar-refractivity contribution < 1.29 is 4.52 Å². The van der Waals surface area contributed by atoms with Gasteiger partial charge in [0.2, 0.25) is 5.89 Å². The molecule has 0 aliphatic heterocycles. The standard InChI is InChI=1S/C19H24N4O2S/c1-12(2)9-10-16-21-17(25-22-16)11-26-19-20-15-8-6-5-7-14(15)18(24)23(19)13(3)4/h5-8,12-13H,9-11H2,1-4H3. The van der Waals surface area contributed by atoms with Crippen molar-refractivity contribution in [3.8, 4) is 0 Å². The van der Waals surface area contributed by atoms with Gasteiger partial charge in [0.05, 0.1) is 16.7 Å². The molecule has 3 rings (SSSR count). The van der Waals surface area contributed by atoms with E-state index in [2.05, 4.69) is 29.0 Å². The van der Waals surface area contributed by atoms with E-state index in [4.69, 9.17) is 4.52 Å². The van der Waals surface area contributed by atoms with Gasteiger partial charge in [0.25, 0.3) is 5.56 Å². The average Bonchev–Trinajstić information content (AvgIpc) is 3.06. The molecule has 1 aromatic carbocycles. The van der Waals surface area contributed by atoms with Crippen molar-refractivity contribution >= 4 is 22.7 Å². The smallest absolute Gasteiger partial charge is 0.262 e. The molecule has 26 heavy (non-hydrogen) atoms. The summed E-state index contributed by atoms with van der Waals surface area (Å²) in [5, 5.41) is 5.35. The Labute approximate surface area is 157 Å². The highest BCUT2D eigenvalue weighted by atomic mass is 32.2. The Morgan fingerprint density at radius 1 is 1.15 bits per heavy atom. The number of aromatic nitrogens is 4. The van der Waals surface area contributed by atoms with Crippen molar-refractivity contribution in [1.29, 1.82) is 0 Å². The fraction of sp³-hybridized carbons (Fsp3) is 0.474. The summed E-state index contributed by atoms with van der Waals surface area (Å²) in [6, 6.07) is 7.45. The van der Waals surface area contributed by atoms with Gasteiger partial charge in [-0.3, -0.25) is 9.36 Å². The predicted molar refractivity (Wildman–Crippen MR) is 103 cm³/mol. The summed E-state index contributed by atoms with van der Waals surface area (Å²) in [7, 11) is 0. The van der Waals surface area contributed by atoms with Gasteiger partial charge in [-0.1, -0.05) is 42.9 Å². The second-order valence-electron chi connectivity index (χ2n) is 7.01. The maximum absolute atomic E-state index is 12.8. The summed E-state index contributed by atoms with van der Waals surface area (Å²) < 4.78 is 7.06. The number of hydrogen-bond acceptors (Lipinski definition) is 6. The Hall–Kier alpha value is -2.15. The van der Waals surface area contributed by atoms with E-state index in [1.54, 1.807) is 4.57 Å². The normalized spacial score (nSPS) is 11.8. The lowest BCUT2D eigenvalue weighted by Crippen LogP contribution is -2.25. The number of aryl methyl sites for hydroxylation is 1. The van der Waals surface area contributed by atoms with Crippen LogP contribution in [0.3, 0.4) is 0 Å². The molecule has 2 aromatic heterocycles. The Balaban J connectivity index is 1.82. The quantitative estimate of drug-likeness (QED) is 0.456. The summed E-state index contributed by atoms with van der Waals surface area (Å²) in [4.78, 5) is 21.9. The molecule has 0 radical (unpaired) electrons. The summed E-state index contributed by atoms with van der Waals surface area (Å²) >= 11 is 1.45. The minimum Gasteiger partial charge on any atom is -0.338 e. The highest BCUT2D eigenvalue weighted by molar-refractivity contribution is 7.98. The van der Waals surface area contributed by atoms with Crippen LogP contribution in [-0.4, -0.2) is 19.7 Å². The minimum atomic E-state index is -0.0174. The molecule has 0 amide bonds. The minimum absolute atomic E-state index is 0.0174. The number of para-hydroxylation sites is 1. The fourth-order valence-electron chi connectivity index (χ4n) is 2.68. The van der Waals surface area contributed by atoms with Gasteiger partial charge in [-0.25, -0.2) is 4.98 Å². The molecule has 0 unspecified atom stereocenters. The van der Waals surface area contributed by atoms with Gasteiger partial charge in [0, 0.05) is 12.5 Å². The summed E-state index contributed by atoms with van der Waals surface area (Å²) in [6.07, 6.45) is 1.85. The molecule has 0 atom stereocenters. The molecular formula is C19H24N4O2S. The third-order valence-corrected chi connectivity index (χ3v) is 5.01. The second-order valence-corrected chi connectivity index (χ2v) is 7.95. The molecule has 0 saturated carbocycles. The van der Waals surface area contributed by atoms with Crippen LogP contribution >= 0.6 is 11.8 Å².